The highest BCUT2D eigenvalue weighted by atomic mass is 16.2. The number of rotatable bonds is 8. The molecule has 0 aliphatic carbocycles. The summed E-state index contributed by atoms with van der Waals surface area (Å²) in [6.07, 6.45) is 7.30. The molecule has 1 amide bonds. The van der Waals surface area contributed by atoms with Crippen molar-refractivity contribution in [2.45, 2.75) is 57.8 Å². The van der Waals surface area contributed by atoms with Crippen LogP contribution in [0.25, 0.3) is 0 Å². The molecule has 0 bridgehead atoms. The Bertz CT molecular complexity index is 460. The molecule has 1 aliphatic heterocycles. The summed E-state index contributed by atoms with van der Waals surface area (Å²) >= 11 is 0. The zero-order chi connectivity index (χ0) is 16.5. The second-order valence-corrected chi connectivity index (χ2v) is 6.77. The van der Waals surface area contributed by atoms with Crippen LogP contribution in [0.1, 0.15) is 63.4 Å². The lowest BCUT2D eigenvalue weighted by atomic mass is 9.79. The average molecular weight is 316 g/mol. The molecule has 2 rings (SSSR count). The van der Waals surface area contributed by atoms with E-state index in [0.717, 1.165) is 58.2 Å². The topological polar surface area (TPSA) is 46.3 Å². The van der Waals surface area contributed by atoms with Gasteiger partial charge in [-0.25, -0.2) is 0 Å². The average Bonchev–Trinajstić information content (AvgIpc) is 2.61. The molecule has 3 nitrogen and oxygen atoms in total. The number of nitrogens with zero attached hydrogens (tertiary/aromatic N) is 1. The monoisotopic (exact) mass is 316 g/mol. The van der Waals surface area contributed by atoms with Crippen LogP contribution in [0.5, 0.6) is 0 Å². The molecule has 1 aromatic carbocycles. The quantitative estimate of drug-likeness (QED) is 0.738. The van der Waals surface area contributed by atoms with Crippen LogP contribution in [0.4, 0.5) is 0 Å². The maximum absolute atomic E-state index is 12.4. The van der Waals surface area contributed by atoms with E-state index in [1.54, 1.807) is 0 Å². The molecule has 1 fully saturated rings. The molecule has 2 N–H and O–H groups in total. The van der Waals surface area contributed by atoms with Gasteiger partial charge in [-0.15, -0.1) is 0 Å². The summed E-state index contributed by atoms with van der Waals surface area (Å²) in [6.45, 7) is 4.86. The van der Waals surface area contributed by atoms with Gasteiger partial charge in [-0.05, 0) is 43.2 Å². The summed E-state index contributed by atoms with van der Waals surface area (Å²) in [5.74, 6) is 1.55. The molecule has 0 aromatic heterocycles. The van der Waals surface area contributed by atoms with Crippen LogP contribution >= 0.6 is 0 Å². The van der Waals surface area contributed by atoms with Gasteiger partial charge in [-0.1, -0.05) is 56.5 Å². The van der Waals surface area contributed by atoms with E-state index in [4.69, 9.17) is 5.73 Å². The van der Waals surface area contributed by atoms with Crippen molar-refractivity contribution in [1.29, 1.82) is 0 Å². The summed E-state index contributed by atoms with van der Waals surface area (Å²) in [7, 11) is 0. The number of unbranched alkanes of at least 4 members (excludes halogenated alkanes) is 3. The summed E-state index contributed by atoms with van der Waals surface area (Å²) in [5, 5.41) is 0. The number of piperidine rings is 1. The molecule has 128 valence electrons. The van der Waals surface area contributed by atoms with Crippen molar-refractivity contribution in [3.63, 3.8) is 0 Å². The lowest BCUT2D eigenvalue weighted by Crippen LogP contribution is -2.42. The van der Waals surface area contributed by atoms with E-state index in [1.165, 1.54) is 5.56 Å². The Morgan fingerprint density at radius 3 is 2.61 bits per heavy atom. The Hall–Kier alpha value is -1.35. The predicted molar refractivity (Wildman–Crippen MR) is 96.3 cm³/mol. The first kappa shape index (κ1) is 18.0. The Balaban J connectivity index is 1.82. The highest BCUT2D eigenvalue weighted by Gasteiger charge is 2.30. The Labute approximate surface area is 141 Å². The van der Waals surface area contributed by atoms with Crippen LogP contribution in [0, 0.1) is 5.92 Å². The number of carbonyl (C=O) groups is 1. The minimum absolute atomic E-state index is 0.350. The maximum atomic E-state index is 12.4. The molecule has 1 saturated heterocycles. The lowest BCUT2D eigenvalue weighted by molar-refractivity contribution is -0.133. The number of likely N-dealkylation sites (tertiary alicyclic amines) is 1. The van der Waals surface area contributed by atoms with Gasteiger partial charge in [0.1, 0.15) is 0 Å². The van der Waals surface area contributed by atoms with E-state index in [2.05, 4.69) is 42.2 Å². The van der Waals surface area contributed by atoms with Crippen molar-refractivity contribution >= 4 is 5.91 Å². The molecule has 23 heavy (non-hydrogen) atoms. The van der Waals surface area contributed by atoms with E-state index >= 15 is 0 Å². The van der Waals surface area contributed by atoms with Crippen molar-refractivity contribution in [2.24, 2.45) is 11.7 Å². The molecule has 1 aliphatic rings. The van der Waals surface area contributed by atoms with Gasteiger partial charge in [0.05, 0.1) is 0 Å². The maximum Gasteiger partial charge on any atom is 0.222 e. The molecule has 0 saturated carbocycles. The Kier molecular flexibility index (Phi) is 7.60. The molecular weight excluding hydrogens is 284 g/mol. The number of carbonyl (C=O) groups excluding carboxylic acids is 1. The minimum Gasteiger partial charge on any atom is -0.342 e. The predicted octanol–water partition coefficient (Wildman–Crippen LogP) is 3.94. The molecule has 2 unspecified atom stereocenters. The standard InChI is InChI=1S/C20H32N2O/c1-2-17-16-22(20(23)12-8-3-4-9-14-21)15-13-19(17)18-10-6-5-7-11-18/h5-7,10-11,17,19H,2-4,8-9,12-16,21H2,1H3. The third-order valence-electron chi connectivity index (χ3n) is 5.18. The molecular formula is C20H32N2O. The SMILES string of the molecule is CCC1CN(C(=O)CCCCCCN)CCC1c1ccccc1. The fourth-order valence-electron chi connectivity index (χ4n) is 3.74. The molecule has 0 spiro atoms. The van der Waals surface area contributed by atoms with Crippen LogP contribution < -0.4 is 5.73 Å². The van der Waals surface area contributed by atoms with Gasteiger partial charge in [-0.3, -0.25) is 4.79 Å². The van der Waals surface area contributed by atoms with Gasteiger partial charge in [0.25, 0.3) is 0 Å². The van der Waals surface area contributed by atoms with E-state index in [-0.39, 0.29) is 0 Å². The van der Waals surface area contributed by atoms with Crippen molar-refractivity contribution in [1.82, 2.24) is 4.90 Å². The second-order valence-electron chi connectivity index (χ2n) is 6.77. The van der Waals surface area contributed by atoms with Crippen LogP contribution in [-0.4, -0.2) is 30.4 Å². The molecule has 2 atom stereocenters. The van der Waals surface area contributed by atoms with Gasteiger partial charge in [-0.2, -0.15) is 0 Å². The molecule has 0 radical (unpaired) electrons. The van der Waals surface area contributed by atoms with Crippen LogP contribution in [0.2, 0.25) is 0 Å². The van der Waals surface area contributed by atoms with E-state index < -0.39 is 0 Å². The van der Waals surface area contributed by atoms with E-state index in [9.17, 15) is 4.79 Å². The van der Waals surface area contributed by atoms with Crippen molar-refractivity contribution in [3.05, 3.63) is 35.9 Å². The zero-order valence-electron chi connectivity index (χ0n) is 14.5. The summed E-state index contributed by atoms with van der Waals surface area (Å²) in [6, 6.07) is 10.8. The third-order valence-corrected chi connectivity index (χ3v) is 5.18. The van der Waals surface area contributed by atoms with Gasteiger partial charge < -0.3 is 10.6 Å². The normalized spacial score (nSPS) is 21.4. The number of hydrogen-bond donors (Lipinski definition) is 1. The van der Waals surface area contributed by atoms with E-state index in [0.29, 0.717) is 24.2 Å². The van der Waals surface area contributed by atoms with Crippen LogP contribution in [0.3, 0.4) is 0 Å². The Morgan fingerprint density at radius 1 is 1.17 bits per heavy atom. The number of hydrogen-bond acceptors (Lipinski definition) is 2. The van der Waals surface area contributed by atoms with Crippen molar-refractivity contribution in [3.8, 4) is 0 Å². The van der Waals surface area contributed by atoms with Gasteiger partial charge in [0.2, 0.25) is 5.91 Å². The smallest absolute Gasteiger partial charge is 0.222 e. The fraction of sp³-hybridized carbons (Fsp3) is 0.650. The number of nitrogens with two attached hydrogens (primary N) is 1. The van der Waals surface area contributed by atoms with Crippen molar-refractivity contribution in [2.75, 3.05) is 19.6 Å². The van der Waals surface area contributed by atoms with Gasteiger partial charge >= 0.3 is 0 Å². The highest BCUT2D eigenvalue weighted by Crippen LogP contribution is 2.35. The summed E-state index contributed by atoms with van der Waals surface area (Å²) < 4.78 is 0. The Morgan fingerprint density at radius 2 is 1.91 bits per heavy atom. The minimum atomic E-state index is 0.350. The van der Waals surface area contributed by atoms with Crippen molar-refractivity contribution < 1.29 is 4.79 Å². The lowest BCUT2D eigenvalue weighted by Gasteiger charge is -2.38. The summed E-state index contributed by atoms with van der Waals surface area (Å²) in [5.41, 5.74) is 6.94. The number of amides is 1. The first-order valence-electron chi connectivity index (χ1n) is 9.29. The van der Waals surface area contributed by atoms with Crippen LogP contribution in [0.15, 0.2) is 30.3 Å². The fourth-order valence-corrected chi connectivity index (χ4v) is 3.74. The van der Waals surface area contributed by atoms with Gasteiger partial charge in [0.15, 0.2) is 0 Å². The first-order chi connectivity index (χ1) is 11.3. The third kappa shape index (κ3) is 5.35. The molecule has 3 heteroatoms. The highest BCUT2D eigenvalue weighted by molar-refractivity contribution is 5.76. The second kappa shape index (κ2) is 9.71. The largest absolute Gasteiger partial charge is 0.342 e. The molecule has 1 aromatic rings. The molecule has 1 heterocycles. The number of benzene rings is 1. The first-order valence-corrected chi connectivity index (χ1v) is 9.29. The van der Waals surface area contributed by atoms with E-state index in [1.807, 2.05) is 0 Å². The zero-order valence-corrected chi connectivity index (χ0v) is 14.5. The van der Waals surface area contributed by atoms with Gasteiger partial charge in [0, 0.05) is 19.5 Å². The summed E-state index contributed by atoms with van der Waals surface area (Å²) in [4.78, 5) is 14.5. The van der Waals surface area contributed by atoms with Crippen LogP contribution in [-0.2, 0) is 4.79 Å².